The molecule has 1 nitrogen and oxygen atoms in total. The number of anilines is 1. The summed E-state index contributed by atoms with van der Waals surface area (Å²) in [6.07, 6.45) is 1.84. The van der Waals surface area contributed by atoms with Gasteiger partial charge in [-0.2, -0.15) is 0 Å². The van der Waals surface area contributed by atoms with Crippen LogP contribution in [0.5, 0.6) is 0 Å². The molecule has 0 unspecified atom stereocenters. The molecule has 13 heavy (non-hydrogen) atoms. The number of nitrogens with one attached hydrogen (secondary N) is 1. The quantitative estimate of drug-likeness (QED) is 0.870. The fourth-order valence-electron chi connectivity index (χ4n) is 0.872. The SMILES string of the molecule is Cl/C=C/CNc1c(Br)cccc1Br. The van der Waals surface area contributed by atoms with E-state index in [-0.39, 0.29) is 0 Å². The molecule has 0 aromatic heterocycles. The van der Waals surface area contributed by atoms with Gasteiger partial charge < -0.3 is 5.32 Å². The summed E-state index contributed by atoms with van der Waals surface area (Å²) < 4.78 is 2.06. The molecule has 0 amide bonds. The largest absolute Gasteiger partial charge is 0.380 e. The maximum Gasteiger partial charge on any atom is 0.0631 e. The zero-order chi connectivity index (χ0) is 9.68. The Hall–Kier alpha value is 0.01000. The van der Waals surface area contributed by atoms with Crippen LogP contribution in [0.25, 0.3) is 0 Å². The predicted molar refractivity (Wildman–Crippen MR) is 65.3 cm³/mol. The summed E-state index contributed by atoms with van der Waals surface area (Å²) in [5.41, 5.74) is 2.54. The van der Waals surface area contributed by atoms with E-state index in [2.05, 4.69) is 37.2 Å². The van der Waals surface area contributed by atoms with Gasteiger partial charge in [0.1, 0.15) is 0 Å². The number of rotatable bonds is 3. The molecule has 1 N–H and O–H groups in total. The van der Waals surface area contributed by atoms with Gasteiger partial charge in [-0.25, -0.2) is 0 Å². The second-order valence-electron chi connectivity index (χ2n) is 2.34. The molecule has 0 saturated carbocycles. The van der Waals surface area contributed by atoms with Crippen LogP contribution in [0.1, 0.15) is 0 Å². The minimum Gasteiger partial charge on any atom is -0.380 e. The second-order valence-corrected chi connectivity index (χ2v) is 4.30. The number of para-hydroxylation sites is 1. The van der Waals surface area contributed by atoms with Gasteiger partial charge in [0.05, 0.1) is 5.69 Å². The van der Waals surface area contributed by atoms with E-state index in [4.69, 9.17) is 11.6 Å². The number of hydrogen-bond acceptors (Lipinski definition) is 1. The number of benzene rings is 1. The Labute approximate surface area is 99.4 Å². The van der Waals surface area contributed by atoms with Gasteiger partial charge >= 0.3 is 0 Å². The predicted octanol–water partition coefficient (Wildman–Crippen LogP) is 4.38. The molecule has 0 radical (unpaired) electrons. The van der Waals surface area contributed by atoms with E-state index in [1.807, 2.05) is 24.3 Å². The summed E-state index contributed by atoms with van der Waals surface area (Å²) in [7, 11) is 0. The summed E-state index contributed by atoms with van der Waals surface area (Å²) in [5, 5.41) is 3.22. The van der Waals surface area contributed by atoms with Crippen LogP contribution in [0.4, 0.5) is 5.69 Å². The standard InChI is InChI=1S/C9H8Br2ClN/c10-7-3-1-4-8(11)9(7)13-6-2-5-12/h1-5,13H,6H2/b5-2+. The molecule has 4 heteroatoms. The third-order valence-electron chi connectivity index (χ3n) is 1.45. The highest BCUT2D eigenvalue weighted by atomic mass is 79.9. The lowest BCUT2D eigenvalue weighted by molar-refractivity contribution is 1.32. The van der Waals surface area contributed by atoms with Crippen LogP contribution >= 0.6 is 43.5 Å². The van der Waals surface area contributed by atoms with Crippen molar-refractivity contribution in [3.8, 4) is 0 Å². The molecule has 0 aliphatic carbocycles. The first kappa shape index (κ1) is 11.1. The van der Waals surface area contributed by atoms with Gasteiger partial charge in [-0.05, 0) is 44.0 Å². The van der Waals surface area contributed by atoms with Gasteiger partial charge in [0.25, 0.3) is 0 Å². The normalized spacial score (nSPS) is 10.7. The van der Waals surface area contributed by atoms with E-state index in [9.17, 15) is 0 Å². The Morgan fingerprint density at radius 2 is 1.92 bits per heavy atom. The fourth-order valence-corrected chi connectivity index (χ4v) is 2.24. The minimum absolute atomic E-state index is 0.713. The molecule has 70 valence electrons. The highest BCUT2D eigenvalue weighted by Gasteiger charge is 2.01. The first-order valence-electron chi connectivity index (χ1n) is 3.69. The van der Waals surface area contributed by atoms with Crippen molar-refractivity contribution in [2.75, 3.05) is 11.9 Å². The molecule has 0 bridgehead atoms. The van der Waals surface area contributed by atoms with Crippen LogP contribution in [0.2, 0.25) is 0 Å². The van der Waals surface area contributed by atoms with Gasteiger partial charge in [-0.15, -0.1) is 0 Å². The maximum atomic E-state index is 5.40. The molecule has 1 aromatic rings. The summed E-state index contributed by atoms with van der Waals surface area (Å²) in [6.45, 7) is 0.713. The van der Waals surface area contributed by atoms with Gasteiger partial charge in [-0.1, -0.05) is 23.7 Å². The van der Waals surface area contributed by atoms with Crippen LogP contribution in [0.3, 0.4) is 0 Å². The van der Waals surface area contributed by atoms with E-state index >= 15 is 0 Å². The van der Waals surface area contributed by atoms with E-state index in [1.165, 1.54) is 5.54 Å². The van der Waals surface area contributed by atoms with Crippen LogP contribution in [-0.2, 0) is 0 Å². The molecule has 0 spiro atoms. The summed E-state index contributed by atoms with van der Waals surface area (Å²) >= 11 is 12.3. The Morgan fingerprint density at radius 3 is 2.46 bits per heavy atom. The topological polar surface area (TPSA) is 12.0 Å². The van der Waals surface area contributed by atoms with Crippen LogP contribution in [0, 0.1) is 0 Å². The van der Waals surface area contributed by atoms with Crippen LogP contribution in [-0.4, -0.2) is 6.54 Å². The van der Waals surface area contributed by atoms with Gasteiger partial charge in [0, 0.05) is 21.0 Å². The average molecular weight is 325 g/mol. The third-order valence-corrected chi connectivity index (χ3v) is 2.95. The van der Waals surface area contributed by atoms with Crippen molar-refractivity contribution in [3.63, 3.8) is 0 Å². The Morgan fingerprint density at radius 1 is 1.31 bits per heavy atom. The highest BCUT2D eigenvalue weighted by Crippen LogP contribution is 2.30. The van der Waals surface area contributed by atoms with Crippen LogP contribution < -0.4 is 5.32 Å². The molecular weight excluding hydrogens is 317 g/mol. The first-order chi connectivity index (χ1) is 6.25. The van der Waals surface area contributed by atoms with E-state index in [0.717, 1.165) is 14.6 Å². The highest BCUT2D eigenvalue weighted by molar-refractivity contribution is 9.11. The average Bonchev–Trinajstić information content (AvgIpc) is 2.10. The molecule has 0 saturated heterocycles. The summed E-state index contributed by atoms with van der Waals surface area (Å²) in [6, 6.07) is 5.94. The lowest BCUT2D eigenvalue weighted by Crippen LogP contribution is -1.99. The molecule has 0 fully saturated rings. The molecule has 1 rings (SSSR count). The van der Waals surface area contributed by atoms with Crippen molar-refractivity contribution in [2.45, 2.75) is 0 Å². The fraction of sp³-hybridized carbons (Fsp3) is 0.111. The van der Waals surface area contributed by atoms with Crippen molar-refractivity contribution in [3.05, 3.63) is 38.8 Å². The van der Waals surface area contributed by atoms with Gasteiger partial charge in [0.15, 0.2) is 0 Å². The smallest absolute Gasteiger partial charge is 0.0631 e. The van der Waals surface area contributed by atoms with E-state index < -0.39 is 0 Å². The summed E-state index contributed by atoms with van der Waals surface area (Å²) in [5.74, 6) is 0. The Bertz CT molecular complexity index is 292. The van der Waals surface area contributed by atoms with E-state index in [1.54, 1.807) is 0 Å². The van der Waals surface area contributed by atoms with Crippen molar-refractivity contribution in [2.24, 2.45) is 0 Å². The number of hydrogen-bond donors (Lipinski definition) is 1. The van der Waals surface area contributed by atoms with Gasteiger partial charge in [0.2, 0.25) is 0 Å². The van der Waals surface area contributed by atoms with Gasteiger partial charge in [-0.3, -0.25) is 0 Å². The molecule has 0 aliphatic heterocycles. The number of halogens is 3. The summed E-state index contributed by atoms with van der Waals surface area (Å²) in [4.78, 5) is 0. The molecule has 0 heterocycles. The first-order valence-corrected chi connectivity index (χ1v) is 5.71. The molecule has 0 aliphatic rings. The van der Waals surface area contributed by atoms with Crippen molar-refractivity contribution < 1.29 is 0 Å². The molecule has 1 aromatic carbocycles. The van der Waals surface area contributed by atoms with Crippen molar-refractivity contribution >= 4 is 49.1 Å². The minimum atomic E-state index is 0.713. The molecule has 0 atom stereocenters. The van der Waals surface area contributed by atoms with Crippen molar-refractivity contribution in [1.29, 1.82) is 0 Å². The zero-order valence-electron chi connectivity index (χ0n) is 6.73. The second kappa shape index (κ2) is 5.68. The Kier molecular flexibility index (Phi) is 4.84. The lowest BCUT2D eigenvalue weighted by atomic mass is 10.3. The Balaban J connectivity index is 2.75. The monoisotopic (exact) mass is 323 g/mol. The van der Waals surface area contributed by atoms with Crippen molar-refractivity contribution in [1.82, 2.24) is 0 Å². The molecular formula is C9H8Br2ClN. The van der Waals surface area contributed by atoms with Crippen LogP contribution in [0.15, 0.2) is 38.8 Å². The third kappa shape index (κ3) is 3.33. The lowest BCUT2D eigenvalue weighted by Gasteiger charge is -2.07. The van der Waals surface area contributed by atoms with E-state index in [0.29, 0.717) is 6.54 Å². The maximum absolute atomic E-state index is 5.40. The zero-order valence-corrected chi connectivity index (χ0v) is 10.7.